The maximum Gasteiger partial charge on any atom is 0.494 e. The second-order valence-electron chi connectivity index (χ2n) is 19.7. The minimum atomic E-state index is -0.363. The lowest BCUT2D eigenvalue weighted by molar-refractivity contribution is 0.00578. The molecule has 2 nitrogen and oxygen atoms in total. The third kappa shape index (κ3) is 10.3. The van der Waals surface area contributed by atoms with Crippen LogP contribution in [0.1, 0.15) is 257 Å². The summed E-state index contributed by atoms with van der Waals surface area (Å²) in [5.74, 6) is 0. The van der Waals surface area contributed by atoms with Crippen molar-refractivity contribution in [3.05, 3.63) is 51.0 Å². The van der Waals surface area contributed by atoms with Crippen molar-refractivity contribution in [2.24, 2.45) is 0 Å². The fourth-order valence-electron chi connectivity index (χ4n) is 10.9. The van der Waals surface area contributed by atoms with Gasteiger partial charge in [0.15, 0.2) is 0 Å². The molecule has 0 spiro atoms. The average molecular weight is 832 g/mol. The summed E-state index contributed by atoms with van der Waals surface area (Å²) in [7, 11) is -0.339. The van der Waals surface area contributed by atoms with E-state index in [0.29, 0.717) is 0 Å². The second kappa shape index (κ2) is 21.4. The first kappa shape index (κ1) is 46.0. The van der Waals surface area contributed by atoms with Gasteiger partial charge in [0.1, 0.15) is 0 Å². The SMILES string of the molecule is CCCCCCCCC1(CCCCCCCC)c2cc(Br)cc3c2-c2c1cc(B1OC(C)(C)C(C)(C)O1)cc2C3(CCCCCCCC)CCCCCCCC. The molecule has 0 radical (unpaired) electrons. The Bertz CT molecular complexity index is 1370. The monoisotopic (exact) mass is 831 g/mol. The van der Waals surface area contributed by atoms with Gasteiger partial charge in [-0.1, -0.05) is 210 Å². The van der Waals surface area contributed by atoms with Gasteiger partial charge in [-0.05, 0) is 104 Å². The van der Waals surface area contributed by atoms with Gasteiger partial charge in [-0.2, -0.15) is 0 Å². The van der Waals surface area contributed by atoms with Crippen molar-refractivity contribution in [3.8, 4) is 11.1 Å². The van der Waals surface area contributed by atoms with E-state index in [0.717, 1.165) is 0 Å². The van der Waals surface area contributed by atoms with E-state index in [9.17, 15) is 0 Å². The molecule has 2 aliphatic carbocycles. The number of halogens is 1. The molecule has 3 aliphatic rings. The molecule has 5 rings (SSSR count). The van der Waals surface area contributed by atoms with Gasteiger partial charge >= 0.3 is 7.12 Å². The number of unbranched alkanes of at least 4 members (excludes halogenated alkanes) is 20. The topological polar surface area (TPSA) is 18.5 Å². The molecule has 1 aliphatic heterocycles. The first-order chi connectivity index (χ1) is 27.0. The summed E-state index contributed by atoms with van der Waals surface area (Å²) in [5.41, 5.74) is 10.5. The zero-order chi connectivity index (χ0) is 40.2. The van der Waals surface area contributed by atoms with E-state index in [2.05, 4.69) is 95.6 Å². The molecule has 1 heterocycles. The van der Waals surface area contributed by atoms with Crippen molar-refractivity contribution in [2.75, 3.05) is 0 Å². The molecule has 314 valence electrons. The van der Waals surface area contributed by atoms with Gasteiger partial charge < -0.3 is 9.31 Å². The highest BCUT2D eigenvalue weighted by molar-refractivity contribution is 9.10. The zero-order valence-electron chi connectivity index (χ0n) is 37.9. The predicted octanol–water partition coefficient (Wildman–Crippen LogP) is 16.6. The van der Waals surface area contributed by atoms with Gasteiger partial charge in [-0.25, -0.2) is 0 Å². The molecule has 4 heteroatoms. The molecular formula is C52H84BBrO2. The van der Waals surface area contributed by atoms with Crippen molar-refractivity contribution in [1.29, 1.82) is 0 Å². The number of hydrogen-bond donors (Lipinski definition) is 0. The molecule has 0 N–H and O–H groups in total. The molecule has 2 aromatic carbocycles. The second-order valence-corrected chi connectivity index (χ2v) is 20.6. The summed E-state index contributed by atoms with van der Waals surface area (Å²) in [6, 6.07) is 10.4. The standard InChI is InChI=1S/C52H84BBrO2/c1-9-13-17-21-25-29-33-51(34-30-26-22-18-14-10-2)43-37-41(53-55-49(5,6)50(7,8)56-53)38-44-47(43)48-45(51)39-42(54)40-46(48)52(44,35-31-27-23-19-15-11-3)36-32-28-24-20-16-12-4/h37-40H,9-36H2,1-8H3. The summed E-state index contributed by atoms with van der Waals surface area (Å²) in [4.78, 5) is 0. The molecule has 2 aromatic rings. The fraction of sp³-hybridized carbons (Fsp3) is 0.769. The van der Waals surface area contributed by atoms with Crippen molar-refractivity contribution >= 4 is 28.5 Å². The van der Waals surface area contributed by atoms with Gasteiger partial charge in [0.25, 0.3) is 0 Å². The molecular weight excluding hydrogens is 747 g/mol. The van der Waals surface area contributed by atoms with Crippen LogP contribution in [0.4, 0.5) is 0 Å². The fourth-order valence-corrected chi connectivity index (χ4v) is 11.3. The van der Waals surface area contributed by atoms with Gasteiger partial charge in [-0.3, -0.25) is 0 Å². The van der Waals surface area contributed by atoms with E-state index in [1.807, 2.05) is 0 Å². The van der Waals surface area contributed by atoms with E-state index >= 15 is 0 Å². The predicted molar refractivity (Wildman–Crippen MR) is 249 cm³/mol. The summed E-state index contributed by atoms with van der Waals surface area (Å²) in [6.07, 6.45) is 37.2. The third-order valence-electron chi connectivity index (χ3n) is 14.9. The molecule has 1 saturated heterocycles. The molecule has 0 aromatic heterocycles. The third-order valence-corrected chi connectivity index (χ3v) is 15.4. The van der Waals surface area contributed by atoms with Crippen molar-refractivity contribution in [2.45, 2.75) is 257 Å². The van der Waals surface area contributed by atoms with Crippen LogP contribution in [0.3, 0.4) is 0 Å². The zero-order valence-corrected chi connectivity index (χ0v) is 39.5. The molecule has 0 saturated carbocycles. The van der Waals surface area contributed by atoms with Crippen LogP contribution in [0.2, 0.25) is 0 Å². The number of benzene rings is 2. The minimum Gasteiger partial charge on any atom is -0.399 e. The Morgan fingerprint density at radius 1 is 0.411 bits per heavy atom. The summed E-state index contributed by atoms with van der Waals surface area (Å²) < 4.78 is 15.2. The molecule has 56 heavy (non-hydrogen) atoms. The summed E-state index contributed by atoms with van der Waals surface area (Å²) in [5, 5.41) is 0. The van der Waals surface area contributed by atoms with Crippen molar-refractivity contribution in [1.82, 2.24) is 0 Å². The van der Waals surface area contributed by atoms with E-state index in [1.165, 1.54) is 190 Å². The van der Waals surface area contributed by atoms with Crippen LogP contribution in [0, 0.1) is 0 Å². The smallest absolute Gasteiger partial charge is 0.399 e. The lowest BCUT2D eigenvalue weighted by Gasteiger charge is -2.39. The highest BCUT2D eigenvalue weighted by Crippen LogP contribution is 2.65. The maximum absolute atomic E-state index is 6.94. The molecule has 0 unspecified atom stereocenters. The van der Waals surface area contributed by atoms with Crippen LogP contribution in [0.25, 0.3) is 11.1 Å². The quantitative estimate of drug-likeness (QED) is 0.0601. The van der Waals surface area contributed by atoms with E-state index in [1.54, 1.807) is 33.4 Å². The first-order valence-electron chi connectivity index (χ1n) is 24.4. The normalized spacial score (nSPS) is 18.0. The maximum atomic E-state index is 6.94. The number of rotatable bonds is 29. The Hall–Kier alpha value is -1.10. The van der Waals surface area contributed by atoms with Crippen LogP contribution in [-0.2, 0) is 20.1 Å². The highest BCUT2D eigenvalue weighted by atomic mass is 79.9. The Kier molecular flexibility index (Phi) is 17.6. The Morgan fingerprint density at radius 2 is 0.679 bits per heavy atom. The van der Waals surface area contributed by atoms with Crippen LogP contribution in [0.15, 0.2) is 28.7 Å². The van der Waals surface area contributed by atoms with E-state index < -0.39 is 0 Å². The lowest BCUT2D eigenvalue weighted by atomic mass is 9.63. The van der Waals surface area contributed by atoms with Crippen LogP contribution in [-0.4, -0.2) is 18.3 Å². The molecule has 0 bridgehead atoms. The summed E-state index contributed by atoms with van der Waals surface area (Å²) in [6.45, 7) is 18.2. The van der Waals surface area contributed by atoms with Gasteiger partial charge in [0, 0.05) is 15.3 Å². The molecule has 1 fully saturated rings. The molecule has 0 amide bonds. The number of hydrogen-bond acceptors (Lipinski definition) is 2. The lowest BCUT2D eigenvalue weighted by Crippen LogP contribution is -2.41. The highest BCUT2D eigenvalue weighted by Gasteiger charge is 2.56. The van der Waals surface area contributed by atoms with Crippen molar-refractivity contribution < 1.29 is 9.31 Å². The molecule has 0 atom stereocenters. The Labute approximate surface area is 355 Å². The largest absolute Gasteiger partial charge is 0.494 e. The minimum absolute atomic E-state index is 0.0412. The Balaban J connectivity index is 1.64. The van der Waals surface area contributed by atoms with Crippen LogP contribution >= 0.6 is 15.9 Å². The van der Waals surface area contributed by atoms with E-state index in [4.69, 9.17) is 9.31 Å². The van der Waals surface area contributed by atoms with Gasteiger partial charge in [-0.15, -0.1) is 0 Å². The Morgan fingerprint density at radius 3 is 0.982 bits per heavy atom. The van der Waals surface area contributed by atoms with Crippen molar-refractivity contribution in [3.63, 3.8) is 0 Å². The average Bonchev–Trinajstić information content (AvgIpc) is 3.69. The van der Waals surface area contributed by atoms with E-state index in [-0.39, 0.29) is 29.2 Å². The first-order valence-corrected chi connectivity index (χ1v) is 25.2. The van der Waals surface area contributed by atoms with Gasteiger partial charge in [0.2, 0.25) is 0 Å². The van der Waals surface area contributed by atoms with Gasteiger partial charge in [0.05, 0.1) is 11.2 Å². The van der Waals surface area contributed by atoms with Crippen LogP contribution in [0.5, 0.6) is 0 Å². The summed E-state index contributed by atoms with van der Waals surface area (Å²) >= 11 is 4.20. The van der Waals surface area contributed by atoms with Crippen LogP contribution < -0.4 is 5.46 Å².